The molecule has 21 heavy (non-hydrogen) atoms. The number of carbonyl (C=O) groups excluding carboxylic acids is 1. The van der Waals surface area contributed by atoms with Crippen molar-refractivity contribution in [3.63, 3.8) is 0 Å². The summed E-state index contributed by atoms with van der Waals surface area (Å²) < 4.78 is 4.99. The molecular weight excluding hydrogens is 294 g/mol. The number of aromatic carboxylic acids is 1. The highest BCUT2D eigenvalue weighted by Crippen LogP contribution is 2.23. The molecule has 0 unspecified atom stereocenters. The van der Waals surface area contributed by atoms with Crippen molar-refractivity contribution in [2.24, 2.45) is 0 Å². The first kappa shape index (κ1) is 14.8. The summed E-state index contributed by atoms with van der Waals surface area (Å²) in [5.41, 5.74) is 2.93. The van der Waals surface area contributed by atoms with E-state index in [1.807, 2.05) is 5.38 Å². The number of nitrogens with one attached hydrogen (secondary N) is 2. The number of nitrogens with zero attached hydrogens (tertiary/aromatic N) is 1. The first-order valence-electron chi connectivity index (χ1n) is 5.93. The van der Waals surface area contributed by atoms with Crippen molar-refractivity contribution >= 4 is 29.0 Å². The molecule has 0 aliphatic heterocycles. The summed E-state index contributed by atoms with van der Waals surface area (Å²) in [4.78, 5) is 26.7. The normalized spacial score (nSPS) is 9.95. The zero-order chi connectivity index (χ0) is 15.2. The first-order valence-corrected chi connectivity index (χ1v) is 6.87. The van der Waals surface area contributed by atoms with Crippen LogP contribution in [-0.2, 0) is 6.54 Å². The minimum absolute atomic E-state index is 0.0333. The van der Waals surface area contributed by atoms with Crippen molar-refractivity contribution in [2.75, 3.05) is 12.4 Å². The summed E-state index contributed by atoms with van der Waals surface area (Å²) >= 11 is 1.45. The number of rotatable bonds is 5. The molecule has 2 amide bonds. The number of methoxy groups -OCH3 is 1. The molecule has 0 saturated carbocycles. The Morgan fingerprint density at radius 2 is 2.24 bits per heavy atom. The third-order valence-corrected chi connectivity index (χ3v) is 3.24. The van der Waals surface area contributed by atoms with E-state index < -0.39 is 12.0 Å². The first-order chi connectivity index (χ1) is 10.1. The lowest BCUT2D eigenvalue weighted by Gasteiger charge is -2.10. The van der Waals surface area contributed by atoms with Crippen LogP contribution < -0.4 is 15.4 Å². The molecule has 1 aromatic carbocycles. The smallest absolute Gasteiger partial charge is 0.339 e. The second-order valence-electron chi connectivity index (χ2n) is 4.01. The Bertz CT molecular complexity index is 643. The lowest BCUT2D eigenvalue weighted by molar-refractivity contribution is 0.0693. The zero-order valence-electron chi connectivity index (χ0n) is 11.1. The van der Waals surface area contributed by atoms with Crippen molar-refractivity contribution < 1.29 is 19.4 Å². The Hall–Kier alpha value is -2.61. The Kier molecular flexibility index (Phi) is 4.72. The number of amides is 2. The summed E-state index contributed by atoms with van der Waals surface area (Å²) in [5, 5.41) is 16.1. The average molecular weight is 307 g/mol. The molecule has 2 aromatic rings. The van der Waals surface area contributed by atoms with Crippen LogP contribution in [0.4, 0.5) is 10.5 Å². The second kappa shape index (κ2) is 6.71. The van der Waals surface area contributed by atoms with Gasteiger partial charge in [0, 0.05) is 17.1 Å². The predicted octanol–water partition coefficient (Wildman–Crippen LogP) is 2.17. The van der Waals surface area contributed by atoms with Gasteiger partial charge in [-0.3, -0.25) is 0 Å². The van der Waals surface area contributed by atoms with Crippen LogP contribution in [0.15, 0.2) is 29.1 Å². The molecule has 0 fully saturated rings. The molecule has 1 aromatic heterocycles. The fraction of sp³-hybridized carbons (Fsp3) is 0.154. The van der Waals surface area contributed by atoms with Gasteiger partial charge in [-0.25, -0.2) is 14.6 Å². The number of urea groups is 1. The number of hydrogen-bond donors (Lipinski definition) is 3. The monoisotopic (exact) mass is 307 g/mol. The third kappa shape index (κ3) is 3.93. The molecule has 0 spiro atoms. The summed E-state index contributed by atoms with van der Waals surface area (Å²) in [6, 6.07) is 3.91. The maximum Gasteiger partial charge on any atom is 0.339 e. The highest BCUT2D eigenvalue weighted by molar-refractivity contribution is 7.07. The van der Waals surface area contributed by atoms with Crippen LogP contribution in [0.5, 0.6) is 5.75 Å². The van der Waals surface area contributed by atoms with Gasteiger partial charge in [-0.2, -0.15) is 0 Å². The maximum absolute atomic E-state index is 11.7. The van der Waals surface area contributed by atoms with Crippen LogP contribution >= 0.6 is 11.3 Å². The van der Waals surface area contributed by atoms with Gasteiger partial charge in [0.05, 0.1) is 24.9 Å². The molecule has 0 radical (unpaired) electrons. The molecular formula is C13H13N3O4S. The van der Waals surface area contributed by atoms with Gasteiger partial charge in [-0.1, -0.05) is 0 Å². The number of ether oxygens (including phenoxy) is 1. The van der Waals surface area contributed by atoms with Gasteiger partial charge in [0.15, 0.2) is 0 Å². The average Bonchev–Trinajstić information content (AvgIpc) is 2.98. The number of hydrogen-bond acceptors (Lipinski definition) is 5. The van der Waals surface area contributed by atoms with E-state index in [-0.39, 0.29) is 11.3 Å². The van der Waals surface area contributed by atoms with Gasteiger partial charge in [0.2, 0.25) is 0 Å². The van der Waals surface area contributed by atoms with Crippen LogP contribution in [-0.4, -0.2) is 29.2 Å². The summed E-state index contributed by atoms with van der Waals surface area (Å²) in [6.45, 7) is 0.319. The SMILES string of the molecule is COc1cc(NC(=O)NCc2cscn2)ccc1C(=O)O. The van der Waals surface area contributed by atoms with Crippen molar-refractivity contribution in [1.82, 2.24) is 10.3 Å². The van der Waals surface area contributed by atoms with Crippen molar-refractivity contribution in [1.29, 1.82) is 0 Å². The third-order valence-electron chi connectivity index (χ3n) is 2.60. The molecule has 0 atom stereocenters. The fourth-order valence-corrected chi connectivity index (χ4v) is 2.18. The van der Waals surface area contributed by atoms with Crippen LogP contribution in [0.2, 0.25) is 0 Å². The minimum atomic E-state index is -1.09. The molecule has 0 aliphatic carbocycles. The molecule has 7 nitrogen and oxygen atoms in total. The van der Waals surface area contributed by atoms with E-state index in [4.69, 9.17) is 9.84 Å². The summed E-state index contributed by atoms with van der Waals surface area (Å²) in [6.07, 6.45) is 0. The van der Waals surface area contributed by atoms with Crippen LogP contribution in [0.3, 0.4) is 0 Å². The minimum Gasteiger partial charge on any atom is -0.496 e. The van der Waals surface area contributed by atoms with Crippen LogP contribution in [0, 0.1) is 0 Å². The van der Waals surface area contributed by atoms with Gasteiger partial charge >= 0.3 is 12.0 Å². The molecule has 0 aliphatic rings. The lowest BCUT2D eigenvalue weighted by atomic mass is 10.2. The molecule has 2 rings (SSSR count). The molecule has 8 heteroatoms. The molecule has 0 saturated heterocycles. The Morgan fingerprint density at radius 1 is 1.43 bits per heavy atom. The predicted molar refractivity (Wildman–Crippen MR) is 77.9 cm³/mol. The van der Waals surface area contributed by atoms with Crippen LogP contribution in [0.25, 0.3) is 0 Å². The van der Waals surface area contributed by atoms with E-state index in [1.165, 1.54) is 36.6 Å². The zero-order valence-corrected chi connectivity index (χ0v) is 11.9. The maximum atomic E-state index is 11.7. The van der Waals surface area contributed by atoms with Gasteiger partial charge in [0.1, 0.15) is 11.3 Å². The summed E-state index contributed by atoms with van der Waals surface area (Å²) in [5.74, 6) is -0.911. The van der Waals surface area contributed by atoms with E-state index >= 15 is 0 Å². The van der Waals surface area contributed by atoms with Crippen molar-refractivity contribution in [2.45, 2.75) is 6.54 Å². The van der Waals surface area contributed by atoms with Crippen molar-refractivity contribution in [3.05, 3.63) is 40.3 Å². The van der Waals surface area contributed by atoms with E-state index in [1.54, 1.807) is 5.51 Å². The number of thiazole rings is 1. The Balaban J connectivity index is 1.99. The van der Waals surface area contributed by atoms with Gasteiger partial charge in [-0.15, -0.1) is 11.3 Å². The number of carboxylic acid groups (broad SMARTS) is 1. The fourth-order valence-electron chi connectivity index (χ4n) is 1.62. The van der Waals surface area contributed by atoms with E-state index in [0.29, 0.717) is 12.2 Å². The van der Waals surface area contributed by atoms with E-state index in [9.17, 15) is 9.59 Å². The molecule has 3 N–H and O–H groups in total. The summed E-state index contributed by atoms with van der Waals surface area (Å²) in [7, 11) is 1.37. The second-order valence-corrected chi connectivity index (χ2v) is 4.73. The number of carbonyl (C=O) groups is 2. The van der Waals surface area contributed by atoms with Gasteiger partial charge < -0.3 is 20.5 Å². The van der Waals surface area contributed by atoms with Crippen LogP contribution in [0.1, 0.15) is 16.1 Å². The van der Waals surface area contributed by atoms with Gasteiger partial charge in [0.25, 0.3) is 0 Å². The lowest BCUT2D eigenvalue weighted by Crippen LogP contribution is -2.28. The Morgan fingerprint density at radius 3 is 2.86 bits per heavy atom. The number of anilines is 1. The number of benzene rings is 1. The highest BCUT2D eigenvalue weighted by Gasteiger charge is 2.12. The molecule has 0 bridgehead atoms. The quantitative estimate of drug-likeness (QED) is 0.786. The van der Waals surface area contributed by atoms with Gasteiger partial charge in [-0.05, 0) is 12.1 Å². The van der Waals surface area contributed by atoms with Crippen molar-refractivity contribution in [3.8, 4) is 5.75 Å². The van der Waals surface area contributed by atoms with E-state index in [2.05, 4.69) is 15.6 Å². The number of carboxylic acids is 1. The topological polar surface area (TPSA) is 101 Å². The molecule has 1 heterocycles. The molecule has 110 valence electrons. The largest absolute Gasteiger partial charge is 0.496 e. The Labute approximate surface area is 124 Å². The highest BCUT2D eigenvalue weighted by atomic mass is 32.1. The standard InChI is InChI=1S/C13H13N3O4S/c1-20-11-4-8(2-3-10(11)12(17)18)16-13(19)14-5-9-6-21-7-15-9/h2-4,6-7H,5H2,1H3,(H,17,18)(H2,14,16,19). The number of aromatic nitrogens is 1. The van der Waals surface area contributed by atoms with E-state index in [0.717, 1.165) is 5.69 Å².